The summed E-state index contributed by atoms with van der Waals surface area (Å²) in [5.74, 6) is 0.655. The molecule has 4 nitrogen and oxygen atoms in total. The standard InChI is InChI=1S/C19H12BrNO3S2/c20-12-4-1-5-13(10-12)21-18(22)16(15-7-3-9-25-15)17(19(21)23)26-11-14-6-2-8-24-14/h1-10H,11H2. The summed E-state index contributed by atoms with van der Waals surface area (Å²) in [6, 6.07) is 14.6. The van der Waals surface area contributed by atoms with Crippen molar-refractivity contribution in [2.45, 2.75) is 5.75 Å². The van der Waals surface area contributed by atoms with Crippen molar-refractivity contribution in [3.8, 4) is 0 Å². The molecule has 0 saturated heterocycles. The summed E-state index contributed by atoms with van der Waals surface area (Å²) >= 11 is 6.18. The Hall–Kier alpha value is -2.09. The van der Waals surface area contributed by atoms with Crippen molar-refractivity contribution >= 4 is 62.1 Å². The second-order valence-electron chi connectivity index (χ2n) is 5.48. The van der Waals surface area contributed by atoms with Crippen LogP contribution in [0.2, 0.25) is 0 Å². The largest absolute Gasteiger partial charge is 0.468 e. The fourth-order valence-corrected chi connectivity index (χ4v) is 4.90. The second-order valence-corrected chi connectivity index (χ2v) is 8.32. The molecule has 0 fully saturated rings. The van der Waals surface area contributed by atoms with E-state index in [1.165, 1.54) is 28.0 Å². The lowest BCUT2D eigenvalue weighted by Gasteiger charge is -2.15. The van der Waals surface area contributed by atoms with E-state index >= 15 is 0 Å². The van der Waals surface area contributed by atoms with Crippen LogP contribution in [0.1, 0.15) is 10.6 Å². The quantitative estimate of drug-likeness (QED) is 0.498. The maximum Gasteiger partial charge on any atom is 0.272 e. The topological polar surface area (TPSA) is 50.5 Å². The van der Waals surface area contributed by atoms with E-state index in [2.05, 4.69) is 15.9 Å². The summed E-state index contributed by atoms with van der Waals surface area (Å²) < 4.78 is 6.16. The Morgan fingerprint density at radius 2 is 1.96 bits per heavy atom. The van der Waals surface area contributed by atoms with Gasteiger partial charge in [-0.05, 0) is 41.8 Å². The average Bonchev–Trinajstić information content (AvgIpc) is 3.35. The van der Waals surface area contributed by atoms with Crippen molar-refractivity contribution in [1.82, 2.24) is 0 Å². The highest BCUT2D eigenvalue weighted by Crippen LogP contribution is 2.41. The van der Waals surface area contributed by atoms with E-state index in [4.69, 9.17) is 4.42 Å². The average molecular weight is 446 g/mol. The molecule has 0 spiro atoms. The number of hydrogen-bond donors (Lipinski definition) is 0. The van der Waals surface area contributed by atoms with Gasteiger partial charge in [0.2, 0.25) is 0 Å². The molecule has 0 unspecified atom stereocenters. The third-order valence-electron chi connectivity index (χ3n) is 3.81. The van der Waals surface area contributed by atoms with E-state index in [9.17, 15) is 9.59 Å². The molecule has 7 heteroatoms. The Morgan fingerprint density at radius 3 is 2.65 bits per heavy atom. The van der Waals surface area contributed by atoms with E-state index in [-0.39, 0.29) is 11.8 Å². The molecule has 2 aromatic heterocycles. The number of anilines is 1. The molecule has 3 heterocycles. The van der Waals surface area contributed by atoms with Crippen LogP contribution in [0, 0.1) is 0 Å². The van der Waals surface area contributed by atoms with Crippen LogP contribution in [0.3, 0.4) is 0 Å². The van der Waals surface area contributed by atoms with Crippen LogP contribution in [0.4, 0.5) is 5.69 Å². The molecule has 0 bridgehead atoms. The number of amides is 2. The molecule has 26 heavy (non-hydrogen) atoms. The number of imide groups is 1. The highest BCUT2D eigenvalue weighted by Gasteiger charge is 2.40. The maximum absolute atomic E-state index is 13.1. The van der Waals surface area contributed by atoms with E-state index in [0.717, 1.165) is 15.1 Å². The van der Waals surface area contributed by atoms with Crippen molar-refractivity contribution < 1.29 is 14.0 Å². The summed E-state index contributed by atoms with van der Waals surface area (Å²) in [6.07, 6.45) is 1.60. The fraction of sp³-hybridized carbons (Fsp3) is 0.0526. The fourth-order valence-electron chi connectivity index (χ4n) is 2.67. The van der Waals surface area contributed by atoms with Gasteiger partial charge < -0.3 is 4.42 Å². The van der Waals surface area contributed by atoms with Crippen LogP contribution in [0.5, 0.6) is 0 Å². The minimum Gasteiger partial charge on any atom is -0.468 e. The predicted octanol–water partition coefficient (Wildman–Crippen LogP) is 5.32. The molecule has 2 amide bonds. The van der Waals surface area contributed by atoms with Gasteiger partial charge in [0.15, 0.2) is 0 Å². The van der Waals surface area contributed by atoms with Gasteiger partial charge in [-0.2, -0.15) is 0 Å². The van der Waals surface area contributed by atoms with Crippen LogP contribution in [-0.4, -0.2) is 11.8 Å². The first kappa shape index (κ1) is 17.3. The van der Waals surface area contributed by atoms with Crippen LogP contribution < -0.4 is 4.90 Å². The monoisotopic (exact) mass is 445 g/mol. The zero-order valence-corrected chi connectivity index (χ0v) is 16.6. The number of furan rings is 1. The first-order chi connectivity index (χ1) is 12.6. The van der Waals surface area contributed by atoms with Crippen molar-refractivity contribution in [2.24, 2.45) is 0 Å². The Morgan fingerprint density at radius 1 is 1.08 bits per heavy atom. The van der Waals surface area contributed by atoms with Gasteiger partial charge in [0, 0.05) is 9.35 Å². The Labute approximate surface area is 166 Å². The van der Waals surface area contributed by atoms with Crippen molar-refractivity contribution in [1.29, 1.82) is 0 Å². The number of thioether (sulfide) groups is 1. The smallest absolute Gasteiger partial charge is 0.272 e. The number of benzene rings is 1. The van der Waals surface area contributed by atoms with Gasteiger partial charge in [-0.1, -0.05) is 28.1 Å². The Bertz CT molecular complexity index is 994. The number of nitrogens with zero attached hydrogens (tertiary/aromatic N) is 1. The molecular weight excluding hydrogens is 434 g/mol. The Balaban J connectivity index is 1.73. The van der Waals surface area contributed by atoms with Gasteiger partial charge in [-0.15, -0.1) is 23.1 Å². The highest BCUT2D eigenvalue weighted by molar-refractivity contribution is 9.10. The summed E-state index contributed by atoms with van der Waals surface area (Å²) in [5.41, 5.74) is 1.01. The molecule has 0 aliphatic carbocycles. The molecular formula is C19H12BrNO3S2. The number of carbonyl (C=O) groups excluding carboxylic acids is 2. The lowest BCUT2D eigenvalue weighted by molar-refractivity contribution is -0.119. The van der Waals surface area contributed by atoms with Crippen molar-refractivity contribution in [3.05, 3.63) is 80.2 Å². The molecule has 130 valence electrons. The van der Waals surface area contributed by atoms with Gasteiger partial charge in [-0.25, -0.2) is 4.90 Å². The summed E-state index contributed by atoms with van der Waals surface area (Å²) in [7, 11) is 0. The predicted molar refractivity (Wildman–Crippen MR) is 108 cm³/mol. The first-order valence-corrected chi connectivity index (χ1v) is 10.4. The summed E-state index contributed by atoms with van der Waals surface area (Å²) in [4.78, 5) is 28.7. The van der Waals surface area contributed by atoms with Gasteiger partial charge in [0.25, 0.3) is 11.8 Å². The normalized spacial score (nSPS) is 14.6. The van der Waals surface area contributed by atoms with Crippen LogP contribution >= 0.6 is 39.0 Å². The number of hydrogen-bond acceptors (Lipinski definition) is 5. The molecule has 0 radical (unpaired) electrons. The number of thiophene rings is 1. The second kappa shape index (κ2) is 7.26. The van der Waals surface area contributed by atoms with E-state index < -0.39 is 0 Å². The summed E-state index contributed by atoms with van der Waals surface area (Å²) in [6.45, 7) is 0. The summed E-state index contributed by atoms with van der Waals surface area (Å²) in [5, 5.41) is 1.90. The molecule has 3 aromatic rings. The highest BCUT2D eigenvalue weighted by atomic mass is 79.9. The first-order valence-electron chi connectivity index (χ1n) is 7.73. The number of rotatable bonds is 5. The van der Waals surface area contributed by atoms with E-state index in [1.807, 2.05) is 29.6 Å². The molecule has 1 aromatic carbocycles. The van der Waals surface area contributed by atoms with Crippen molar-refractivity contribution in [3.63, 3.8) is 0 Å². The molecule has 4 rings (SSSR count). The minimum atomic E-state index is -0.298. The van der Waals surface area contributed by atoms with Gasteiger partial charge in [0.1, 0.15) is 5.76 Å². The third-order valence-corrected chi connectivity index (χ3v) is 6.29. The van der Waals surface area contributed by atoms with Gasteiger partial charge in [0.05, 0.1) is 28.2 Å². The zero-order valence-electron chi connectivity index (χ0n) is 13.3. The Kier molecular flexibility index (Phi) is 4.84. The SMILES string of the molecule is O=C1C(SCc2ccco2)=C(c2cccs2)C(=O)N1c1cccc(Br)c1. The molecule has 0 atom stereocenters. The lowest BCUT2D eigenvalue weighted by Crippen LogP contribution is -2.31. The molecule has 0 saturated carbocycles. The van der Waals surface area contributed by atoms with E-state index in [1.54, 1.807) is 30.5 Å². The lowest BCUT2D eigenvalue weighted by atomic mass is 10.2. The van der Waals surface area contributed by atoms with Crippen LogP contribution in [0.15, 0.2) is 74.0 Å². The molecule has 0 N–H and O–H groups in total. The number of carbonyl (C=O) groups is 2. The van der Waals surface area contributed by atoms with Crippen LogP contribution in [0.25, 0.3) is 5.57 Å². The molecule has 1 aliphatic heterocycles. The maximum atomic E-state index is 13.1. The van der Waals surface area contributed by atoms with Gasteiger partial charge in [-0.3, -0.25) is 9.59 Å². The number of halogens is 1. The third kappa shape index (κ3) is 3.18. The zero-order chi connectivity index (χ0) is 18.1. The van der Waals surface area contributed by atoms with Crippen molar-refractivity contribution in [2.75, 3.05) is 4.90 Å². The minimum absolute atomic E-state index is 0.294. The van der Waals surface area contributed by atoms with E-state index in [0.29, 0.717) is 21.9 Å². The molecule has 1 aliphatic rings. The van der Waals surface area contributed by atoms with Gasteiger partial charge >= 0.3 is 0 Å². The van der Waals surface area contributed by atoms with Crippen LogP contribution in [-0.2, 0) is 15.3 Å².